The Kier molecular flexibility index (Phi) is 5.53. The Morgan fingerprint density at radius 3 is 2.57 bits per heavy atom. The Bertz CT molecular complexity index is 988. The van der Waals surface area contributed by atoms with E-state index in [1.807, 2.05) is 42.5 Å². The first-order valence-corrected chi connectivity index (χ1v) is 9.58. The van der Waals surface area contributed by atoms with Gasteiger partial charge in [-0.2, -0.15) is 0 Å². The van der Waals surface area contributed by atoms with Gasteiger partial charge in [0.05, 0.1) is 5.56 Å². The van der Waals surface area contributed by atoms with Gasteiger partial charge in [0, 0.05) is 23.1 Å². The molecular formula is C24H21NO3. The Balaban J connectivity index is 1.33. The normalized spacial score (nSPS) is 13.7. The minimum absolute atomic E-state index is 0.0436. The summed E-state index contributed by atoms with van der Waals surface area (Å²) in [6, 6.07) is 18.7. The molecule has 0 amide bonds. The number of aromatic nitrogens is 1. The van der Waals surface area contributed by atoms with Crippen LogP contribution in [-0.2, 0) is 11.3 Å². The molecule has 0 saturated heterocycles. The molecule has 2 aromatic carbocycles. The van der Waals surface area contributed by atoms with E-state index in [0.29, 0.717) is 17.2 Å². The first-order chi connectivity index (χ1) is 13.8. The molecular weight excluding hydrogens is 350 g/mol. The van der Waals surface area contributed by atoms with E-state index >= 15 is 0 Å². The summed E-state index contributed by atoms with van der Waals surface area (Å²) in [6.07, 6.45) is 4.96. The molecule has 0 bridgehead atoms. The van der Waals surface area contributed by atoms with E-state index in [1.165, 1.54) is 25.7 Å². The number of rotatable bonds is 4. The number of ether oxygens (including phenoxy) is 1. The number of carbonyl (C=O) groups excluding carboxylic acids is 1. The maximum Gasteiger partial charge on any atom is 0.338 e. The van der Waals surface area contributed by atoms with Crippen molar-refractivity contribution < 1.29 is 14.1 Å². The highest BCUT2D eigenvalue weighted by Gasteiger charge is 2.12. The molecule has 1 aliphatic rings. The molecule has 0 N–H and O–H groups in total. The lowest BCUT2D eigenvalue weighted by atomic mass is 10.1. The van der Waals surface area contributed by atoms with E-state index in [0.717, 1.165) is 16.8 Å². The molecule has 1 aromatic heterocycles. The van der Waals surface area contributed by atoms with Crippen LogP contribution in [0.4, 0.5) is 0 Å². The maximum atomic E-state index is 12.3. The van der Waals surface area contributed by atoms with Crippen LogP contribution in [0.15, 0.2) is 65.2 Å². The second-order valence-electron chi connectivity index (χ2n) is 6.95. The minimum Gasteiger partial charge on any atom is -0.454 e. The zero-order valence-corrected chi connectivity index (χ0v) is 15.6. The smallest absolute Gasteiger partial charge is 0.338 e. The van der Waals surface area contributed by atoms with Gasteiger partial charge < -0.3 is 9.26 Å². The molecule has 1 heterocycles. The molecule has 28 heavy (non-hydrogen) atoms. The fourth-order valence-electron chi connectivity index (χ4n) is 3.29. The van der Waals surface area contributed by atoms with Crippen molar-refractivity contribution in [3.63, 3.8) is 0 Å². The molecule has 4 rings (SSSR count). The Hall–Kier alpha value is -3.32. The van der Waals surface area contributed by atoms with Crippen LogP contribution in [0.3, 0.4) is 0 Å². The van der Waals surface area contributed by atoms with Gasteiger partial charge in [-0.25, -0.2) is 4.79 Å². The highest BCUT2D eigenvalue weighted by molar-refractivity contribution is 5.89. The Morgan fingerprint density at radius 1 is 1.07 bits per heavy atom. The average Bonchev–Trinajstić information content (AvgIpc) is 3.44. The van der Waals surface area contributed by atoms with Gasteiger partial charge in [0.1, 0.15) is 5.69 Å². The molecule has 1 saturated carbocycles. The largest absolute Gasteiger partial charge is 0.454 e. The Morgan fingerprint density at radius 2 is 1.82 bits per heavy atom. The number of nitrogens with zero attached hydrogens (tertiary/aromatic N) is 1. The van der Waals surface area contributed by atoms with Crippen molar-refractivity contribution >= 4 is 5.97 Å². The van der Waals surface area contributed by atoms with Gasteiger partial charge in [0.25, 0.3) is 0 Å². The topological polar surface area (TPSA) is 52.3 Å². The van der Waals surface area contributed by atoms with Gasteiger partial charge in [0.2, 0.25) is 0 Å². The van der Waals surface area contributed by atoms with Crippen molar-refractivity contribution in [2.45, 2.75) is 32.3 Å². The molecule has 0 aliphatic heterocycles. The van der Waals surface area contributed by atoms with Crippen LogP contribution in [0.1, 0.15) is 47.4 Å². The minimum atomic E-state index is -0.395. The van der Waals surface area contributed by atoms with Crippen LogP contribution < -0.4 is 0 Å². The second kappa shape index (κ2) is 8.58. The van der Waals surface area contributed by atoms with Crippen LogP contribution in [-0.4, -0.2) is 11.1 Å². The van der Waals surface area contributed by atoms with Crippen LogP contribution in [0.2, 0.25) is 0 Å². The van der Waals surface area contributed by atoms with Crippen LogP contribution in [0, 0.1) is 17.8 Å². The summed E-state index contributed by atoms with van der Waals surface area (Å²) in [7, 11) is 0. The zero-order valence-electron chi connectivity index (χ0n) is 15.6. The fraction of sp³-hybridized carbons (Fsp3) is 0.250. The van der Waals surface area contributed by atoms with Gasteiger partial charge in [-0.1, -0.05) is 60.2 Å². The number of benzene rings is 2. The number of carbonyl (C=O) groups is 1. The first-order valence-electron chi connectivity index (χ1n) is 9.58. The molecule has 4 heteroatoms. The summed E-state index contributed by atoms with van der Waals surface area (Å²) in [5, 5.41) is 4.02. The molecule has 3 aromatic rings. The number of esters is 1. The summed E-state index contributed by atoms with van der Waals surface area (Å²) < 4.78 is 10.6. The summed E-state index contributed by atoms with van der Waals surface area (Å²) in [5.74, 6) is 7.16. The molecule has 0 unspecified atom stereocenters. The van der Waals surface area contributed by atoms with Crippen LogP contribution in [0.5, 0.6) is 0 Å². The third kappa shape index (κ3) is 4.50. The van der Waals surface area contributed by atoms with Gasteiger partial charge in [-0.3, -0.25) is 0 Å². The number of hydrogen-bond acceptors (Lipinski definition) is 4. The van der Waals surface area contributed by atoms with E-state index in [9.17, 15) is 4.79 Å². The quantitative estimate of drug-likeness (QED) is 0.465. The lowest BCUT2D eigenvalue weighted by molar-refractivity contribution is 0.0437. The second-order valence-corrected chi connectivity index (χ2v) is 6.95. The zero-order chi connectivity index (χ0) is 19.2. The monoisotopic (exact) mass is 371 g/mol. The summed E-state index contributed by atoms with van der Waals surface area (Å²) >= 11 is 0. The summed E-state index contributed by atoms with van der Waals surface area (Å²) in [6.45, 7) is 0.0436. The van der Waals surface area contributed by atoms with E-state index in [4.69, 9.17) is 9.26 Å². The van der Waals surface area contributed by atoms with Crippen molar-refractivity contribution in [1.82, 2.24) is 5.16 Å². The standard InChI is InChI=1S/C24H21NO3/c26-24(21-14-12-19(13-15-21)11-10-18-6-4-5-7-18)27-17-22-16-23(25-28-22)20-8-2-1-3-9-20/h1-3,8-9,12-16,18H,4-7,17H2. The van der Waals surface area contributed by atoms with Crippen molar-refractivity contribution in [2.75, 3.05) is 0 Å². The fourth-order valence-corrected chi connectivity index (χ4v) is 3.29. The predicted octanol–water partition coefficient (Wildman–Crippen LogP) is 5.24. The van der Waals surface area contributed by atoms with E-state index in [2.05, 4.69) is 17.0 Å². The molecule has 0 radical (unpaired) electrons. The first kappa shape index (κ1) is 18.1. The SMILES string of the molecule is O=C(OCc1cc(-c2ccccc2)no1)c1ccc(C#CC2CCCC2)cc1. The highest BCUT2D eigenvalue weighted by atomic mass is 16.5. The highest BCUT2D eigenvalue weighted by Crippen LogP contribution is 2.24. The summed E-state index contributed by atoms with van der Waals surface area (Å²) in [5.41, 5.74) is 3.09. The third-order valence-corrected chi connectivity index (χ3v) is 4.87. The van der Waals surface area contributed by atoms with Crippen molar-refractivity contribution in [2.24, 2.45) is 5.92 Å². The van der Waals surface area contributed by atoms with Crippen LogP contribution >= 0.6 is 0 Å². The average molecular weight is 371 g/mol. The Labute approximate surface area is 164 Å². The molecule has 4 nitrogen and oxygen atoms in total. The van der Waals surface area contributed by atoms with Crippen LogP contribution in [0.25, 0.3) is 11.3 Å². The molecule has 1 aliphatic carbocycles. The number of hydrogen-bond donors (Lipinski definition) is 0. The van der Waals surface area contributed by atoms with Gasteiger partial charge in [0.15, 0.2) is 12.4 Å². The van der Waals surface area contributed by atoms with Gasteiger partial charge in [-0.05, 0) is 37.1 Å². The predicted molar refractivity (Wildman–Crippen MR) is 106 cm³/mol. The third-order valence-electron chi connectivity index (χ3n) is 4.87. The van der Waals surface area contributed by atoms with Gasteiger partial charge in [-0.15, -0.1) is 0 Å². The molecule has 0 spiro atoms. The summed E-state index contributed by atoms with van der Waals surface area (Å²) in [4.78, 5) is 12.3. The van der Waals surface area contributed by atoms with Crippen molar-refractivity contribution in [3.05, 3.63) is 77.6 Å². The lowest BCUT2D eigenvalue weighted by Crippen LogP contribution is -2.04. The lowest BCUT2D eigenvalue weighted by Gasteiger charge is -2.02. The van der Waals surface area contributed by atoms with E-state index < -0.39 is 5.97 Å². The molecule has 1 fully saturated rings. The maximum absolute atomic E-state index is 12.3. The van der Waals surface area contributed by atoms with Crippen molar-refractivity contribution in [3.8, 4) is 23.1 Å². The molecule has 0 atom stereocenters. The van der Waals surface area contributed by atoms with E-state index in [1.54, 1.807) is 18.2 Å². The van der Waals surface area contributed by atoms with Crippen molar-refractivity contribution in [1.29, 1.82) is 0 Å². The van der Waals surface area contributed by atoms with Gasteiger partial charge >= 0.3 is 5.97 Å². The van der Waals surface area contributed by atoms with E-state index in [-0.39, 0.29) is 6.61 Å². The molecule has 140 valence electrons.